The summed E-state index contributed by atoms with van der Waals surface area (Å²) in [5, 5.41) is 0. The molecule has 3 heteroatoms. The predicted molar refractivity (Wildman–Crippen MR) is 55.4 cm³/mol. The van der Waals surface area contributed by atoms with Crippen molar-refractivity contribution in [2.45, 2.75) is 24.8 Å². The van der Waals surface area contributed by atoms with Gasteiger partial charge in [0, 0.05) is 10.9 Å². The molecule has 2 N–H and O–H groups in total. The van der Waals surface area contributed by atoms with Crippen LogP contribution in [0.25, 0.3) is 0 Å². The second kappa shape index (κ2) is 4.63. The minimum absolute atomic E-state index is 0.107. The van der Waals surface area contributed by atoms with E-state index in [1.54, 1.807) is 17.8 Å². The summed E-state index contributed by atoms with van der Waals surface area (Å²) in [4.78, 5) is 1.08. The summed E-state index contributed by atoms with van der Waals surface area (Å²) in [6.45, 7) is 3.94. The smallest absolute Gasteiger partial charge is 0.123 e. The second-order valence-electron chi connectivity index (χ2n) is 2.90. The quantitative estimate of drug-likeness (QED) is 0.757. The van der Waals surface area contributed by atoms with Crippen LogP contribution >= 0.6 is 11.8 Å². The molecule has 0 spiro atoms. The van der Waals surface area contributed by atoms with Gasteiger partial charge in [-0.25, -0.2) is 4.39 Å². The molecule has 0 amide bonds. The number of benzene rings is 1. The third-order valence-electron chi connectivity index (χ3n) is 1.76. The Labute approximate surface area is 82.5 Å². The van der Waals surface area contributed by atoms with Crippen molar-refractivity contribution in [1.29, 1.82) is 0 Å². The van der Waals surface area contributed by atoms with Crippen molar-refractivity contribution < 1.29 is 4.39 Å². The molecule has 0 aliphatic heterocycles. The van der Waals surface area contributed by atoms with Crippen molar-refractivity contribution in [1.82, 2.24) is 0 Å². The summed E-state index contributed by atoms with van der Waals surface area (Å²) in [6.07, 6.45) is 0. The molecule has 0 aliphatic rings. The largest absolute Gasteiger partial charge is 0.324 e. The predicted octanol–water partition coefficient (Wildman–Crippen LogP) is 2.96. The number of halogens is 1. The zero-order valence-corrected chi connectivity index (χ0v) is 8.70. The molecule has 72 valence electrons. The van der Waals surface area contributed by atoms with Gasteiger partial charge in [0.1, 0.15) is 5.82 Å². The highest BCUT2D eigenvalue weighted by Crippen LogP contribution is 2.26. The summed E-state index contributed by atoms with van der Waals surface area (Å²) in [6, 6.07) is 4.68. The van der Waals surface area contributed by atoms with Gasteiger partial charge in [0.25, 0.3) is 0 Å². The van der Waals surface area contributed by atoms with E-state index in [4.69, 9.17) is 5.73 Å². The summed E-state index contributed by atoms with van der Waals surface area (Å²) in [5.74, 6) is 0.762. The van der Waals surface area contributed by atoms with E-state index in [0.29, 0.717) is 0 Å². The highest BCUT2D eigenvalue weighted by atomic mass is 32.2. The van der Waals surface area contributed by atoms with E-state index in [0.717, 1.165) is 16.2 Å². The fourth-order valence-corrected chi connectivity index (χ4v) is 2.05. The minimum atomic E-state index is -0.215. The molecule has 1 nitrogen and oxygen atoms in total. The van der Waals surface area contributed by atoms with Gasteiger partial charge in [0.2, 0.25) is 0 Å². The topological polar surface area (TPSA) is 26.0 Å². The van der Waals surface area contributed by atoms with Gasteiger partial charge in [-0.2, -0.15) is 0 Å². The molecule has 0 aliphatic carbocycles. The van der Waals surface area contributed by atoms with E-state index in [1.807, 2.05) is 6.92 Å². The standard InChI is InChI=1S/C10H14FNS/c1-3-13-10-5-4-8(11)6-9(10)7(2)12/h4-7H,3,12H2,1-2H3. The zero-order chi connectivity index (χ0) is 9.84. The maximum Gasteiger partial charge on any atom is 0.123 e. The summed E-state index contributed by atoms with van der Waals surface area (Å²) < 4.78 is 12.9. The van der Waals surface area contributed by atoms with Crippen LogP contribution in [0, 0.1) is 5.82 Å². The molecule has 0 saturated heterocycles. The SMILES string of the molecule is CCSc1ccc(F)cc1C(C)N. The third-order valence-corrected chi connectivity index (χ3v) is 2.73. The van der Waals surface area contributed by atoms with Crippen molar-refractivity contribution >= 4 is 11.8 Å². The van der Waals surface area contributed by atoms with Gasteiger partial charge < -0.3 is 5.73 Å². The first-order chi connectivity index (χ1) is 6.15. The number of thioether (sulfide) groups is 1. The molecular formula is C10H14FNS. The normalized spacial score (nSPS) is 12.9. The van der Waals surface area contributed by atoms with Crippen LogP contribution in [0.5, 0.6) is 0 Å². The Bertz CT molecular complexity index is 286. The Hall–Kier alpha value is -0.540. The third kappa shape index (κ3) is 2.71. The molecule has 1 unspecified atom stereocenters. The lowest BCUT2D eigenvalue weighted by atomic mass is 10.1. The number of nitrogens with two attached hydrogens (primary N) is 1. The van der Waals surface area contributed by atoms with Gasteiger partial charge in [-0.3, -0.25) is 0 Å². The molecule has 1 aromatic rings. The van der Waals surface area contributed by atoms with Crippen molar-refractivity contribution in [2.75, 3.05) is 5.75 Å². The molecular weight excluding hydrogens is 185 g/mol. The zero-order valence-electron chi connectivity index (χ0n) is 7.88. The highest BCUT2D eigenvalue weighted by Gasteiger charge is 2.07. The average molecular weight is 199 g/mol. The van der Waals surface area contributed by atoms with Crippen LogP contribution in [0.4, 0.5) is 4.39 Å². The fraction of sp³-hybridized carbons (Fsp3) is 0.400. The van der Waals surface area contributed by atoms with Crippen molar-refractivity contribution in [3.05, 3.63) is 29.6 Å². The van der Waals surface area contributed by atoms with Crippen LogP contribution in [0.2, 0.25) is 0 Å². The Kier molecular flexibility index (Phi) is 3.75. The van der Waals surface area contributed by atoms with E-state index in [1.165, 1.54) is 12.1 Å². The molecule has 0 bridgehead atoms. The van der Waals surface area contributed by atoms with Crippen LogP contribution in [0.1, 0.15) is 25.5 Å². The highest BCUT2D eigenvalue weighted by molar-refractivity contribution is 7.99. The maximum atomic E-state index is 12.9. The van der Waals surface area contributed by atoms with Gasteiger partial charge >= 0.3 is 0 Å². The molecule has 0 radical (unpaired) electrons. The van der Waals surface area contributed by atoms with Crippen molar-refractivity contribution in [3.63, 3.8) is 0 Å². The number of hydrogen-bond donors (Lipinski definition) is 1. The summed E-state index contributed by atoms with van der Waals surface area (Å²) in [7, 11) is 0. The van der Waals surface area contributed by atoms with Gasteiger partial charge in [-0.05, 0) is 36.4 Å². The maximum absolute atomic E-state index is 12.9. The fourth-order valence-electron chi connectivity index (χ4n) is 1.16. The molecule has 0 fully saturated rings. The summed E-state index contributed by atoms with van der Waals surface area (Å²) in [5.41, 5.74) is 6.63. The van der Waals surface area contributed by atoms with E-state index in [9.17, 15) is 4.39 Å². The van der Waals surface area contributed by atoms with Crippen LogP contribution in [0.3, 0.4) is 0 Å². The Morgan fingerprint density at radius 2 is 2.23 bits per heavy atom. The lowest BCUT2D eigenvalue weighted by Gasteiger charge is -2.11. The van der Waals surface area contributed by atoms with E-state index in [-0.39, 0.29) is 11.9 Å². The summed E-state index contributed by atoms with van der Waals surface area (Å²) >= 11 is 1.69. The lowest BCUT2D eigenvalue weighted by molar-refractivity contribution is 0.619. The Balaban J connectivity index is 3.03. The van der Waals surface area contributed by atoms with E-state index in [2.05, 4.69) is 6.92 Å². The van der Waals surface area contributed by atoms with Crippen LogP contribution in [-0.4, -0.2) is 5.75 Å². The second-order valence-corrected chi connectivity index (χ2v) is 4.21. The molecule has 1 aromatic carbocycles. The van der Waals surface area contributed by atoms with Gasteiger partial charge in [0.05, 0.1) is 0 Å². The van der Waals surface area contributed by atoms with Crippen molar-refractivity contribution in [2.24, 2.45) is 5.73 Å². The van der Waals surface area contributed by atoms with Crippen LogP contribution in [-0.2, 0) is 0 Å². The van der Waals surface area contributed by atoms with Crippen molar-refractivity contribution in [3.8, 4) is 0 Å². The molecule has 1 rings (SSSR count). The minimum Gasteiger partial charge on any atom is -0.324 e. The first-order valence-corrected chi connectivity index (χ1v) is 5.31. The molecule has 0 heterocycles. The van der Waals surface area contributed by atoms with E-state index < -0.39 is 0 Å². The number of hydrogen-bond acceptors (Lipinski definition) is 2. The Morgan fingerprint density at radius 3 is 2.77 bits per heavy atom. The lowest BCUT2D eigenvalue weighted by Crippen LogP contribution is -2.06. The first kappa shape index (κ1) is 10.5. The molecule has 0 saturated carbocycles. The number of rotatable bonds is 3. The van der Waals surface area contributed by atoms with Crippen LogP contribution < -0.4 is 5.73 Å². The Morgan fingerprint density at radius 1 is 1.54 bits per heavy atom. The van der Waals surface area contributed by atoms with Gasteiger partial charge in [-0.1, -0.05) is 6.92 Å². The molecule has 1 atom stereocenters. The first-order valence-electron chi connectivity index (χ1n) is 4.33. The van der Waals surface area contributed by atoms with Crippen LogP contribution in [0.15, 0.2) is 23.1 Å². The monoisotopic (exact) mass is 199 g/mol. The molecule has 13 heavy (non-hydrogen) atoms. The average Bonchev–Trinajstić information content (AvgIpc) is 2.08. The van der Waals surface area contributed by atoms with Gasteiger partial charge in [-0.15, -0.1) is 11.8 Å². The van der Waals surface area contributed by atoms with E-state index >= 15 is 0 Å². The van der Waals surface area contributed by atoms with Gasteiger partial charge in [0.15, 0.2) is 0 Å². The molecule has 0 aromatic heterocycles.